The number of methoxy groups -OCH3 is 1. The highest BCUT2D eigenvalue weighted by molar-refractivity contribution is 9.10. The topological polar surface area (TPSA) is 22.1 Å². The van der Waals surface area contributed by atoms with Crippen molar-refractivity contribution in [3.63, 3.8) is 0 Å². The Balaban J connectivity index is 2.81. The van der Waals surface area contributed by atoms with Crippen molar-refractivity contribution in [2.24, 2.45) is 0 Å². The van der Waals surface area contributed by atoms with Gasteiger partial charge >= 0.3 is 0 Å². The van der Waals surface area contributed by atoms with Gasteiger partial charge in [0.05, 0.1) is 12.3 Å². The van der Waals surface area contributed by atoms with Crippen LogP contribution in [-0.2, 0) is 11.3 Å². The lowest BCUT2D eigenvalue weighted by atomic mass is 10.4. The number of hydrogen-bond acceptors (Lipinski definition) is 2. The second kappa shape index (κ2) is 3.68. The first-order chi connectivity index (χ1) is 4.84. The maximum absolute atomic E-state index is 4.92. The SMILES string of the molecule is COCc1ncccc1Br. The summed E-state index contributed by atoms with van der Waals surface area (Å²) in [5.74, 6) is 0. The fourth-order valence-electron chi connectivity index (χ4n) is 0.661. The number of hydrogen-bond donors (Lipinski definition) is 0. The summed E-state index contributed by atoms with van der Waals surface area (Å²) in [6.07, 6.45) is 1.75. The molecule has 0 spiro atoms. The third-order valence-corrected chi connectivity index (χ3v) is 1.84. The van der Waals surface area contributed by atoms with Gasteiger partial charge in [-0.25, -0.2) is 0 Å². The van der Waals surface area contributed by atoms with Crippen molar-refractivity contribution in [2.75, 3.05) is 7.11 Å². The van der Waals surface area contributed by atoms with Crippen LogP contribution in [0.3, 0.4) is 0 Å². The molecule has 1 aromatic rings. The molecule has 0 bridgehead atoms. The summed E-state index contributed by atoms with van der Waals surface area (Å²) < 4.78 is 5.91. The van der Waals surface area contributed by atoms with Gasteiger partial charge < -0.3 is 4.74 Å². The zero-order valence-electron chi connectivity index (χ0n) is 5.67. The lowest BCUT2D eigenvalue weighted by molar-refractivity contribution is 0.181. The second-order valence-corrected chi connectivity index (χ2v) is 2.72. The molecule has 1 heterocycles. The first-order valence-electron chi connectivity index (χ1n) is 2.93. The standard InChI is InChI=1S/C7H8BrNO/c1-10-5-7-6(8)3-2-4-9-7/h2-4H,5H2,1H3. The quantitative estimate of drug-likeness (QED) is 0.731. The van der Waals surface area contributed by atoms with Crippen molar-refractivity contribution in [1.82, 2.24) is 4.98 Å². The molecule has 0 N–H and O–H groups in total. The third-order valence-electron chi connectivity index (χ3n) is 1.12. The maximum Gasteiger partial charge on any atom is 0.0895 e. The molecule has 3 heteroatoms. The number of ether oxygens (including phenoxy) is 1. The molecule has 0 amide bonds. The van der Waals surface area contributed by atoms with E-state index in [0.717, 1.165) is 10.2 Å². The monoisotopic (exact) mass is 201 g/mol. The molecule has 0 aromatic carbocycles. The summed E-state index contributed by atoms with van der Waals surface area (Å²) >= 11 is 3.35. The van der Waals surface area contributed by atoms with Gasteiger partial charge in [0.15, 0.2) is 0 Å². The molecule has 0 fully saturated rings. The number of aromatic nitrogens is 1. The summed E-state index contributed by atoms with van der Waals surface area (Å²) in [5.41, 5.74) is 0.935. The van der Waals surface area contributed by atoms with Gasteiger partial charge in [0.25, 0.3) is 0 Å². The van der Waals surface area contributed by atoms with Crippen LogP contribution in [0.5, 0.6) is 0 Å². The van der Waals surface area contributed by atoms with Crippen molar-refractivity contribution in [3.8, 4) is 0 Å². The Labute approximate surface area is 68.4 Å². The number of nitrogens with zero attached hydrogens (tertiary/aromatic N) is 1. The van der Waals surface area contributed by atoms with Crippen LogP contribution < -0.4 is 0 Å². The highest BCUT2D eigenvalue weighted by Crippen LogP contribution is 2.13. The summed E-state index contributed by atoms with van der Waals surface area (Å²) in [6, 6.07) is 3.82. The van der Waals surface area contributed by atoms with E-state index >= 15 is 0 Å². The Bertz CT molecular complexity index is 215. The first-order valence-corrected chi connectivity index (χ1v) is 3.72. The van der Waals surface area contributed by atoms with Gasteiger partial charge in [-0.3, -0.25) is 4.98 Å². The van der Waals surface area contributed by atoms with E-state index in [0.29, 0.717) is 6.61 Å². The minimum atomic E-state index is 0.557. The molecule has 0 aliphatic carbocycles. The lowest BCUT2D eigenvalue weighted by Gasteiger charge is -1.99. The van der Waals surface area contributed by atoms with Gasteiger partial charge in [-0.05, 0) is 28.1 Å². The average molecular weight is 202 g/mol. The molecule has 54 valence electrons. The summed E-state index contributed by atoms with van der Waals surface area (Å²) in [4.78, 5) is 4.10. The van der Waals surface area contributed by atoms with Crippen LogP contribution in [0.25, 0.3) is 0 Å². The number of halogens is 1. The molecule has 1 aromatic heterocycles. The molecule has 0 aliphatic heterocycles. The zero-order chi connectivity index (χ0) is 7.40. The Kier molecular flexibility index (Phi) is 2.83. The van der Waals surface area contributed by atoms with E-state index in [2.05, 4.69) is 20.9 Å². The van der Waals surface area contributed by atoms with Crippen LogP contribution in [0, 0.1) is 0 Å². The van der Waals surface area contributed by atoms with Gasteiger partial charge in [0.2, 0.25) is 0 Å². The molecule has 2 nitrogen and oxygen atoms in total. The Morgan fingerprint density at radius 2 is 2.50 bits per heavy atom. The van der Waals surface area contributed by atoms with E-state index in [9.17, 15) is 0 Å². The molecule has 0 saturated carbocycles. The van der Waals surface area contributed by atoms with Crippen molar-refractivity contribution < 1.29 is 4.74 Å². The second-order valence-electron chi connectivity index (χ2n) is 1.86. The normalized spacial score (nSPS) is 9.80. The molecule has 0 saturated heterocycles. The Morgan fingerprint density at radius 3 is 3.10 bits per heavy atom. The number of rotatable bonds is 2. The summed E-state index contributed by atoms with van der Waals surface area (Å²) in [7, 11) is 1.65. The predicted molar refractivity (Wildman–Crippen MR) is 42.7 cm³/mol. The molecule has 0 aliphatic rings. The van der Waals surface area contributed by atoms with Gasteiger partial charge in [-0.15, -0.1) is 0 Å². The van der Waals surface area contributed by atoms with Crippen molar-refractivity contribution >= 4 is 15.9 Å². The Morgan fingerprint density at radius 1 is 1.70 bits per heavy atom. The molecular formula is C7H8BrNO. The van der Waals surface area contributed by atoms with Gasteiger partial charge in [0, 0.05) is 17.8 Å². The zero-order valence-corrected chi connectivity index (χ0v) is 7.26. The molecular weight excluding hydrogens is 194 g/mol. The van der Waals surface area contributed by atoms with Gasteiger partial charge in [-0.1, -0.05) is 0 Å². The molecule has 0 atom stereocenters. The third kappa shape index (κ3) is 1.78. The molecule has 1 rings (SSSR count). The van der Waals surface area contributed by atoms with E-state index in [1.807, 2.05) is 12.1 Å². The van der Waals surface area contributed by atoms with E-state index in [1.165, 1.54) is 0 Å². The van der Waals surface area contributed by atoms with Crippen LogP contribution in [-0.4, -0.2) is 12.1 Å². The van der Waals surface area contributed by atoms with Crippen LogP contribution in [0.4, 0.5) is 0 Å². The highest BCUT2D eigenvalue weighted by Gasteiger charge is 1.96. The highest BCUT2D eigenvalue weighted by atomic mass is 79.9. The summed E-state index contributed by atoms with van der Waals surface area (Å²) in [6.45, 7) is 0.557. The fraction of sp³-hybridized carbons (Fsp3) is 0.286. The molecule has 0 unspecified atom stereocenters. The maximum atomic E-state index is 4.92. The molecule has 0 radical (unpaired) electrons. The fourth-order valence-corrected chi connectivity index (χ4v) is 1.03. The predicted octanol–water partition coefficient (Wildman–Crippen LogP) is 1.99. The minimum absolute atomic E-state index is 0.557. The van der Waals surface area contributed by atoms with Gasteiger partial charge in [-0.2, -0.15) is 0 Å². The smallest absolute Gasteiger partial charge is 0.0895 e. The van der Waals surface area contributed by atoms with Crippen molar-refractivity contribution in [3.05, 3.63) is 28.5 Å². The van der Waals surface area contributed by atoms with Gasteiger partial charge in [0.1, 0.15) is 0 Å². The number of pyridine rings is 1. The van der Waals surface area contributed by atoms with Crippen molar-refractivity contribution in [1.29, 1.82) is 0 Å². The Hall–Kier alpha value is -0.410. The van der Waals surface area contributed by atoms with E-state index < -0.39 is 0 Å². The van der Waals surface area contributed by atoms with E-state index in [4.69, 9.17) is 4.74 Å². The first kappa shape index (κ1) is 7.69. The van der Waals surface area contributed by atoms with Crippen LogP contribution in [0.15, 0.2) is 22.8 Å². The van der Waals surface area contributed by atoms with Crippen LogP contribution >= 0.6 is 15.9 Å². The average Bonchev–Trinajstić information content (AvgIpc) is 1.94. The van der Waals surface area contributed by atoms with Crippen LogP contribution in [0.1, 0.15) is 5.69 Å². The largest absolute Gasteiger partial charge is 0.378 e. The van der Waals surface area contributed by atoms with E-state index in [1.54, 1.807) is 13.3 Å². The van der Waals surface area contributed by atoms with Crippen LogP contribution in [0.2, 0.25) is 0 Å². The van der Waals surface area contributed by atoms with Crippen molar-refractivity contribution in [2.45, 2.75) is 6.61 Å². The van der Waals surface area contributed by atoms with E-state index in [-0.39, 0.29) is 0 Å². The molecule has 10 heavy (non-hydrogen) atoms. The summed E-state index contributed by atoms with van der Waals surface area (Å²) in [5, 5.41) is 0. The lowest BCUT2D eigenvalue weighted by Crippen LogP contribution is -1.91. The minimum Gasteiger partial charge on any atom is -0.378 e.